The summed E-state index contributed by atoms with van der Waals surface area (Å²) < 4.78 is 22.4. The van der Waals surface area contributed by atoms with E-state index in [1.54, 1.807) is 24.3 Å². The van der Waals surface area contributed by atoms with E-state index >= 15 is 0 Å². The first-order valence-corrected chi connectivity index (χ1v) is 8.22. The monoisotopic (exact) mass is 360 g/mol. The molecule has 9 heteroatoms. The summed E-state index contributed by atoms with van der Waals surface area (Å²) in [6, 6.07) is 6.63. The van der Waals surface area contributed by atoms with Crippen molar-refractivity contribution in [3.05, 3.63) is 58.2 Å². The lowest BCUT2D eigenvalue weighted by molar-refractivity contribution is -0.497. The van der Waals surface area contributed by atoms with Gasteiger partial charge in [-0.15, -0.1) is 0 Å². The van der Waals surface area contributed by atoms with Crippen molar-refractivity contribution in [1.29, 1.82) is 0 Å². The van der Waals surface area contributed by atoms with E-state index in [1.807, 2.05) is 0 Å². The molecule has 1 aliphatic rings. The molecule has 2 atom stereocenters. The van der Waals surface area contributed by atoms with Gasteiger partial charge in [-0.25, -0.2) is 18.6 Å². The van der Waals surface area contributed by atoms with Gasteiger partial charge in [0.1, 0.15) is 11.9 Å². The average Bonchev–Trinajstić information content (AvgIpc) is 3.32. The van der Waals surface area contributed by atoms with Gasteiger partial charge in [-0.3, -0.25) is 4.57 Å². The van der Waals surface area contributed by atoms with Crippen LogP contribution in [0.2, 0.25) is 0 Å². The van der Waals surface area contributed by atoms with Crippen molar-refractivity contribution in [1.82, 2.24) is 14.0 Å². The molecule has 0 aliphatic carbocycles. The van der Waals surface area contributed by atoms with Crippen molar-refractivity contribution in [2.75, 3.05) is 6.61 Å². The zero-order chi connectivity index (χ0) is 18.3. The fourth-order valence-electron chi connectivity index (χ4n) is 3.16. The SMILES string of the molecule is O=c1n([C@H]2CC[C@@H](CO)O2)cc(F)c2nc(-c3ccc([NH2+][O-])cc3)cn12. The van der Waals surface area contributed by atoms with Gasteiger partial charge in [-0.1, -0.05) is 0 Å². The molecule has 0 saturated carbocycles. The highest BCUT2D eigenvalue weighted by molar-refractivity contribution is 5.63. The number of fused-ring (bicyclic) bond motifs is 1. The summed E-state index contributed by atoms with van der Waals surface area (Å²) in [6.07, 6.45) is 2.72. The molecule has 2 aromatic heterocycles. The Morgan fingerprint density at radius 1 is 1.31 bits per heavy atom. The minimum absolute atomic E-state index is 0.0718. The van der Waals surface area contributed by atoms with Crippen LogP contribution in [0.3, 0.4) is 0 Å². The molecule has 1 aromatic carbocycles. The molecule has 0 spiro atoms. The highest BCUT2D eigenvalue weighted by Crippen LogP contribution is 2.27. The lowest BCUT2D eigenvalue weighted by Gasteiger charge is -2.15. The first kappa shape index (κ1) is 16.9. The second-order valence-electron chi connectivity index (χ2n) is 6.20. The van der Waals surface area contributed by atoms with Crippen LogP contribution in [0.4, 0.5) is 10.1 Å². The topological polar surface area (TPSA) is 108 Å². The summed E-state index contributed by atoms with van der Waals surface area (Å²) in [5.74, 6) is -0.642. The van der Waals surface area contributed by atoms with E-state index in [4.69, 9.17) is 9.84 Å². The Hall–Kier alpha value is -2.59. The second-order valence-corrected chi connectivity index (χ2v) is 6.20. The van der Waals surface area contributed by atoms with Gasteiger partial charge >= 0.3 is 5.69 Å². The second kappa shape index (κ2) is 6.61. The van der Waals surface area contributed by atoms with Crippen LogP contribution in [0.15, 0.2) is 41.5 Å². The smallest absolute Gasteiger partial charge is 0.336 e. The third-order valence-electron chi connectivity index (χ3n) is 4.54. The standard InChI is InChI=1S/C17H17FN4O4/c18-13-7-21(15-6-5-12(9-23)26-15)17(24)22-8-14(19-16(13)22)10-1-3-11(20-25)4-2-10/h1-4,7-8,12,15,23H,5-6,9,20H2/t12-,15+/m0/s1. The predicted molar refractivity (Wildman–Crippen MR) is 90.0 cm³/mol. The lowest BCUT2D eigenvalue weighted by atomic mass is 10.1. The van der Waals surface area contributed by atoms with Crippen molar-refractivity contribution in [2.24, 2.45) is 0 Å². The number of aliphatic hydroxyl groups is 1. The van der Waals surface area contributed by atoms with Crippen LogP contribution in [0, 0.1) is 11.0 Å². The molecular weight excluding hydrogens is 343 g/mol. The van der Waals surface area contributed by atoms with E-state index in [1.165, 1.54) is 10.8 Å². The summed E-state index contributed by atoms with van der Waals surface area (Å²) >= 11 is 0. The summed E-state index contributed by atoms with van der Waals surface area (Å²) in [6.45, 7) is -0.137. The van der Waals surface area contributed by atoms with E-state index in [0.717, 1.165) is 16.1 Å². The number of quaternary nitrogens is 1. The molecule has 8 nitrogen and oxygen atoms in total. The third-order valence-corrected chi connectivity index (χ3v) is 4.54. The molecule has 136 valence electrons. The van der Waals surface area contributed by atoms with E-state index in [2.05, 4.69) is 4.98 Å². The summed E-state index contributed by atoms with van der Waals surface area (Å²) in [4.78, 5) is 16.9. The van der Waals surface area contributed by atoms with Gasteiger partial charge in [0.2, 0.25) is 0 Å². The Morgan fingerprint density at radius 2 is 2.08 bits per heavy atom. The van der Waals surface area contributed by atoms with Crippen molar-refractivity contribution in [3.8, 4) is 11.3 Å². The molecule has 0 unspecified atom stereocenters. The predicted octanol–water partition coefficient (Wildman–Crippen LogP) is 0.665. The zero-order valence-corrected chi connectivity index (χ0v) is 13.7. The first-order valence-electron chi connectivity index (χ1n) is 8.22. The van der Waals surface area contributed by atoms with Gasteiger partial charge < -0.3 is 20.5 Å². The van der Waals surface area contributed by atoms with Gasteiger partial charge in [-0.05, 0) is 37.1 Å². The molecule has 3 N–H and O–H groups in total. The fraction of sp³-hybridized carbons (Fsp3) is 0.294. The fourth-order valence-corrected chi connectivity index (χ4v) is 3.16. The number of benzene rings is 1. The molecule has 1 fully saturated rings. The highest BCUT2D eigenvalue weighted by atomic mass is 19.1. The van der Waals surface area contributed by atoms with Crippen molar-refractivity contribution in [2.45, 2.75) is 25.2 Å². The van der Waals surface area contributed by atoms with Gasteiger partial charge in [0.05, 0.1) is 24.6 Å². The maximum atomic E-state index is 14.5. The van der Waals surface area contributed by atoms with E-state index in [9.17, 15) is 14.4 Å². The average molecular weight is 360 g/mol. The van der Waals surface area contributed by atoms with Gasteiger partial charge in [-0.2, -0.15) is 0 Å². The quantitative estimate of drug-likeness (QED) is 0.525. The number of hydrogen-bond acceptors (Lipinski definition) is 5. The van der Waals surface area contributed by atoms with E-state index < -0.39 is 17.7 Å². The van der Waals surface area contributed by atoms with Crippen LogP contribution in [-0.4, -0.2) is 31.8 Å². The van der Waals surface area contributed by atoms with Crippen LogP contribution < -0.4 is 11.2 Å². The van der Waals surface area contributed by atoms with E-state index in [0.29, 0.717) is 29.8 Å². The molecular formula is C17H17FN4O4. The van der Waals surface area contributed by atoms with Crippen molar-refractivity contribution >= 4 is 11.3 Å². The molecule has 26 heavy (non-hydrogen) atoms. The number of hydrogen-bond donors (Lipinski definition) is 2. The Balaban J connectivity index is 1.77. The number of halogens is 1. The largest absolute Gasteiger partial charge is 0.630 e. The lowest BCUT2D eigenvalue weighted by Crippen LogP contribution is -2.70. The Morgan fingerprint density at radius 3 is 2.73 bits per heavy atom. The molecule has 0 radical (unpaired) electrons. The van der Waals surface area contributed by atoms with Gasteiger partial charge in [0, 0.05) is 11.8 Å². The molecule has 0 amide bonds. The molecule has 3 heterocycles. The van der Waals surface area contributed by atoms with E-state index in [-0.39, 0.29) is 18.4 Å². The maximum Gasteiger partial charge on any atom is 0.336 e. The summed E-state index contributed by atoms with van der Waals surface area (Å²) in [5, 5.41) is 19.9. The zero-order valence-electron chi connectivity index (χ0n) is 13.7. The molecule has 3 aromatic rings. The number of nitrogens with two attached hydrogens (primary N) is 1. The van der Waals surface area contributed by atoms with Crippen LogP contribution in [-0.2, 0) is 4.74 Å². The van der Waals surface area contributed by atoms with Crippen molar-refractivity contribution < 1.29 is 19.7 Å². The number of imidazole rings is 1. The number of nitrogens with zero attached hydrogens (tertiary/aromatic N) is 3. The molecule has 4 rings (SSSR count). The Labute approximate surface area is 147 Å². The van der Waals surface area contributed by atoms with Gasteiger partial charge in [0.25, 0.3) is 0 Å². The first-order chi connectivity index (χ1) is 12.6. The van der Waals surface area contributed by atoms with Gasteiger partial charge in [0.15, 0.2) is 11.5 Å². The molecule has 1 saturated heterocycles. The Bertz CT molecular complexity index is 998. The number of aromatic nitrogens is 3. The summed E-state index contributed by atoms with van der Waals surface area (Å²) in [7, 11) is 0. The molecule has 1 aliphatic heterocycles. The van der Waals surface area contributed by atoms with Crippen LogP contribution in [0.25, 0.3) is 16.9 Å². The van der Waals surface area contributed by atoms with Crippen LogP contribution in [0.5, 0.6) is 0 Å². The third kappa shape index (κ3) is 2.80. The normalized spacial score (nSPS) is 20.1. The number of rotatable bonds is 4. The van der Waals surface area contributed by atoms with Crippen molar-refractivity contribution in [3.63, 3.8) is 0 Å². The van der Waals surface area contributed by atoms with Crippen LogP contribution >= 0.6 is 0 Å². The summed E-state index contributed by atoms with van der Waals surface area (Å²) in [5.41, 5.74) is 1.81. The minimum atomic E-state index is -0.642. The highest BCUT2D eigenvalue weighted by Gasteiger charge is 2.28. The molecule has 0 bridgehead atoms. The number of aliphatic hydroxyl groups excluding tert-OH is 1. The maximum absolute atomic E-state index is 14.5. The number of ether oxygens (including phenoxy) is 1. The minimum Gasteiger partial charge on any atom is -0.630 e. The van der Waals surface area contributed by atoms with Crippen LogP contribution in [0.1, 0.15) is 19.1 Å². The Kier molecular flexibility index (Phi) is 4.29.